The highest BCUT2D eigenvalue weighted by Crippen LogP contribution is 2.34. The maximum atomic E-state index is 12.9. The Kier molecular flexibility index (Phi) is 8.31. The van der Waals surface area contributed by atoms with Crippen LogP contribution in [-0.4, -0.2) is 65.7 Å². The van der Waals surface area contributed by atoms with Gasteiger partial charge in [-0.2, -0.15) is 0 Å². The van der Waals surface area contributed by atoms with Crippen LogP contribution in [0.25, 0.3) is 0 Å². The molecule has 2 aliphatic rings. The summed E-state index contributed by atoms with van der Waals surface area (Å²) in [6.45, 7) is 6.27. The number of ketones is 1. The number of hydrogen-bond donors (Lipinski definition) is 2. The number of alkyl carbamates (subject to hydrolysis) is 1. The van der Waals surface area contributed by atoms with E-state index in [0.29, 0.717) is 19.4 Å². The Morgan fingerprint density at radius 1 is 1.34 bits per heavy atom. The van der Waals surface area contributed by atoms with Gasteiger partial charge >= 0.3 is 6.09 Å². The predicted molar refractivity (Wildman–Crippen MR) is 109 cm³/mol. The third kappa shape index (κ3) is 6.87. The van der Waals surface area contributed by atoms with E-state index >= 15 is 0 Å². The second kappa shape index (κ2) is 10.3. The molecule has 9 heteroatoms. The Balaban J connectivity index is 2.01. The van der Waals surface area contributed by atoms with Crippen LogP contribution in [0.1, 0.15) is 52.9 Å². The molecule has 1 heterocycles. The van der Waals surface area contributed by atoms with Gasteiger partial charge < -0.3 is 20.3 Å². The number of rotatable bonds is 10. The van der Waals surface area contributed by atoms with Crippen LogP contribution in [0, 0.1) is 11.8 Å². The number of nitrogens with zero attached hydrogens (tertiary/aromatic N) is 1. The largest absolute Gasteiger partial charge is 0.443 e. The minimum Gasteiger partial charge on any atom is -0.443 e. The van der Waals surface area contributed by atoms with Crippen LogP contribution in [0.15, 0.2) is 0 Å². The number of halogens is 1. The van der Waals surface area contributed by atoms with E-state index in [9.17, 15) is 19.2 Å². The first-order valence-corrected chi connectivity index (χ1v) is 10.8. The fraction of sp³-hybridized carbons (Fsp3) is 0.800. The topological polar surface area (TPSA) is 105 Å². The van der Waals surface area contributed by atoms with E-state index in [1.807, 2.05) is 20.8 Å². The smallest absolute Gasteiger partial charge is 0.408 e. The monoisotopic (exact) mass is 429 g/mol. The van der Waals surface area contributed by atoms with Crippen LogP contribution in [0.3, 0.4) is 0 Å². The summed E-state index contributed by atoms with van der Waals surface area (Å²) >= 11 is 5.70. The zero-order chi connectivity index (χ0) is 21.6. The summed E-state index contributed by atoms with van der Waals surface area (Å²) in [6, 6.07) is -0.769. The van der Waals surface area contributed by atoms with Gasteiger partial charge in [-0.15, -0.1) is 11.6 Å². The van der Waals surface area contributed by atoms with Gasteiger partial charge in [-0.25, -0.2) is 4.79 Å². The molecule has 0 radical (unpaired) electrons. The van der Waals surface area contributed by atoms with E-state index in [2.05, 4.69) is 10.6 Å². The van der Waals surface area contributed by atoms with Crippen LogP contribution in [0.4, 0.5) is 4.79 Å². The Morgan fingerprint density at radius 3 is 2.52 bits per heavy atom. The zero-order valence-electron chi connectivity index (χ0n) is 17.5. The van der Waals surface area contributed by atoms with Crippen molar-refractivity contribution in [2.45, 2.75) is 64.5 Å². The molecule has 3 amide bonds. The summed E-state index contributed by atoms with van der Waals surface area (Å²) in [5, 5.41) is 5.40. The maximum Gasteiger partial charge on any atom is 0.408 e. The number of amides is 3. The third-order valence-electron chi connectivity index (χ3n) is 5.56. The molecule has 0 aromatic carbocycles. The Bertz CT molecular complexity index is 636. The number of alkyl halides is 1. The lowest BCUT2D eigenvalue weighted by atomic mass is 9.82. The van der Waals surface area contributed by atoms with Crippen LogP contribution in [0.2, 0.25) is 0 Å². The minimum absolute atomic E-state index is 0.126. The molecule has 2 fully saturated rings. The molecule has 0 aromatic rings. The molecule has 2 rings (SSSR count). The second-order valence-corrected chi connectivity index (χ2v) is 8.94. The number of Topliss-reactive ketones (excluding diaryl/α,β-unsaturated/α-hetero) is 1. The van der Waals surface area contributed by atoms with Crippen LogP contribution in [-0.2, 0) is 19.1 Å². The molecule has 1 unspecified atom stereocenters. The first kappa shape index (κ1) is 23.4. The molecular weight excluding hydrogens is 398 g/mol. The van der Waals surface area contributed by atoms with Crippen molar-refractivity contribution in [3.8, 4) is 0 Å². The van der Waals surface area contributed by atoms with Crippen molar-refractivity contribution in [1.82, 2.24) is 15.5 Å². The van der Waals surface area contributed by atoms with Gasteiger partial charge in [0.1, 0.15) is 11.5 Å². The number of hydrogen-bond acceptors (Lipinski definition) is 5. The van der Waals surface area contributed by atoms with Crippen LogP contribution in [0.5, 0.6) is 0 Å². The summed E-state index contributed by atoms with van der Waals surface area (Å²) in [5.74, 6) is -1.31. The van der Waals surface area contributed by atoms with Crippen molar-refractivity contribution in [2.75, 3.05) is 25.5 Å². The quantitative estimate of drug-likeness (QED) is 0.515. The summed E-state index contributed by atoms with van der Waals surface area (Å²) in [5.41, 5.74) is -0.466. The first-order valence-electron chi connectivity index (χ1n) is 10.3. The highest BCUT2D eigenvalue weighted by atomic mass is 35.5. The van der Waals surface area contributed by atoms with Gasteiger partial charge in [-0.1, -0.05) is 13.8 Å². The molecule has 29 heavy (non-hydrogen) atoms. The Morgan fingerprint density at radius 2 is 2.03 bits per heavy atom. The molecule has 0 bridgehead atoms. The summed E-state index contributed by atoms with van der Waals surface area (Å²) < 4.78 is 5.47. The average Bonchev–Trinajstić information content (AvgIpc) is 3.02. The summed E-state index contributed by atoms with van der Waals surface area (Å²) in [6.07, 6.45) is 3.06. The van der Waals surface area contributed by atoms with Crippen molar-refractivity contribution < 1.29 is 23.9 Å². The molecule has 0 spiro atoms. The fourth-order valence-corrected chi connectivity index (χ4v) is 3.81. The van der Waals surface area contributed by atoms with Crippen LogP contribution < -0.4 is 10.6 Å². The molecule has 2 atom stereocenters. The maximum absolute atomic E-state index is 12.9. The van der Waals surface area contributed by atoms with Gasteiger partial charge in [0.25, 0.3) is 0 Å². The standard InChI is InChI=1S/C20H32ClN3O5/c1-13(2)9-15(23-19(28)29-20(3)6-4-7-20)16(25)12-24(17(26)10-21)11-14-5-8-22-18(14)27/h13-15H,4-12H2,1-3H3,(H,22,27)(H,23,28)/t14?,15-/m0/s1. The number of carbonyl (C=O) groups excluding carboxylic acids is 4. The zero-order valence-corrected chi connectivity index (χ0v) is 18.2. The molecule has 1 aliphatic heterocycles. The third-order valence-corrected chi connectivity index (χ3v) is 5.78. The SMILES string of the molecule is CC(C)C[C@H](NC(=O)OC1(C)CCC1)C(=O)CN(CC1CCNC1=O)C(=O)CCl. The number of carbonyl (C=O) groups is 4. The van der Waals surface area contributed by atoms with E-state index in [1.165, 1.54) is 4.90 Å². The lowest BCUT2D eigenvalue weighted by Crippen LogP contribution is -2.51. The van der Waals surface area contributed by atoms with Gasteiger partial charge in [0.15, 0.2) is 5.78 Å². The Labute approximate surface area is 177 Å². The van der Waals surface area contributed by atoms with Gasteiger partial charge in [-0.3, -0.25) is 14.4 Å². The van der Waals surface area contributed by atoms with Crippen molar-refractivity contribution in [2.24, 2.45) is 11.8 Å². The molecule has 164 valence electrons. The highest BCUT2D eigenvalue weighted by molar-refractivity contribution is 6.27. The van der Waals surface area contributed by atoms with E-state index in [-0.39, 0.29) is 42.5 Å². The lowest BCUT2D eigenvalue weighted by molar-refractivity contribution is -0.135. The molecule has 1 aliphatic carbocycles. The minimum atomic E-state index is -0.769. The van der Waals surface area contributed by atoms with Crippen LogP contribution >= 0.6 is 11.6 Å². The Hall–Kier alpha value is -1.83. The lowest BCUT2D eigenvalue weighted by Gasteiger charge is -2.37. The second-order valence-electron chi connectivity index (χ2n) is 8.67. The first-order chi connectivity index (χ1) is 13.6. The van der Waals surface area contributed by atoms with Gasteiger partial charge in [-0.05, 0) is 44.9 Å². The number of nitrogens with one attached hydrogen (secondary N) is 2. The normalized spacial score (nSPS) is 21.1. The van der Waals surface area contributed by atoms with Crippen molar-refractivity contribution in [3.63, 3.8) is 0 Å². The molecule has 2 N–H and O–H groups in total. The molecule has 8 nitrogen and oxygen atoms in total. The molecule has 0 aromatic heterocycles. The predicted octanol–water partition coefficient (Wildman–Crippen LogP) is 1.84. The van der Waals surface area contributed by atoms with Crippen molar-refractivity contribution >= 4 is 35.3 Å². The summed E-state index contributed by atoms with van der Waals surface area (Å²) in [4.78, 5) is 50.7. The molecule has 1 saturated heterocycles. The number of ether oxygens (including phenoxy) is 1. The average molecular weight is 430 g/mol. The van der Waals surface area contributed by atoms with Crippen molar-refractivity contribution in [1.29, 1.82) is 0 Å². The summed E-state index contributed by atoms with van der Waals surface area (Å²) in [7, 11) is 0. The van der Waals surface area contributed by atoms with E-state index in [1.54, 1.807) is 0 Å². The molecular formula is C20H32ClN3O5. The van der Waals surface area contributed by atoms with Gasteiger partial charge in [0.2, 0.25) is 11.8 Å². The fourth-order valence-electron chi connectivity index (χ4n) is 3.64. The molecule has 1 saturated carbocycles. The highest BCUT2D eigenvalue weighted by Gasteiger charge is 2.37. The van der Waals surface area contributed by atoms with Crippen molar-refractivity contribution in [3.05, 3.63) is 0 Å². The van der Waals surface area contributed by atoms with Gasteiger partial charge in [0.05, 0.1) is 18.5 Å². The van der Waals surface area contributed by atoms with E-state index in [4.69, 9.17) is 16.3 Å². The van der Waals surface area contributed by atoms with E-state index in [0.717, 1.165) is 19.3 Å². The van der Waals surface area contributed by atoms with Gasteiger partial charge in [0, 0.05) is 13.1 Å². The van der Waals surface area contributed by atoms with E-state index < -0.39 is 23.6 Å².